The van der Waals surface area contributed by atoms with Gasteiger partial charge in [-0.3, -0.25) is 0 Å². The molecule has 0 spiro atoms. The van der Waals surface area contributed by atoms with Gasteiger partial charge in [-0.15, -0.1) is 0 Å². The molecule has 0 amide bonds. The molecule has 0 saturated carbocycles. The van der Waals surface area contributed by atoms with Gasteiger partial charge in [-0.25, -0.2) is 0 Å². The summed E-state index contributed by atoms with van der Waals surface area (Å²) in [5, 5.41) is 0. The minimum absolute atomic E-state index is 0. The van der Waals surface area contributed by atoms with E-state index in [9.17, 15) is 0 Å². The summed E-state index contributed by atoms with van der Waals surface area (Å²) in [6.45, 7) is 3.97. The van der Waals surface area contributed by atoms with Gasteiger partial charge in [-0.2, -0.15) is 0 Å². The van der Waals surface area contributed by atoms with Crippen molar-refractivity contribution in [3.63, 3.8) is 0 Å². The molecule has 6 heteroatoms. The third-order valence-electron chi connectivity index (χ3n) is 2.41. The largest absolute Gasteiger partial charge is 1.00 e. The normalized spacial score (nSPS) is 10.6. The van der Waals surface area contributed by atoms with Crippen LogP contribution in [-0.4, -0.2) is 0 Å². The molecule has 0 saturated heterocycles. The fourth-order valence-corrected chi connectivity index (χ4v) is 3.43. The first-order valence-corrected chi connectivity index (χ1v) is 9.43. The Morgan fingerprint density at radius 3 is 1.65 bits per heavy atom. The molecule has 0 fully saturated rings. The summed E-state index contributed by atoms with van der Waals surface area (Å²) in [5.41, 5.74) is -0.569. The van der Waals surface area contributed by atoms with Gasteiger partial charge in [0.2, 0.25) is 0 Å². The molecule has 2 rings (SSSR count). The molecule has 20 heavy (non-hydrogen) atoms. The van der Waals surface area contributed by atoms with E-state index in [1.165, 1.54) is 0 Å². The van der Waals surface area contributed by atoms with Gasteiger partial charge in [0.1, 0.15) is 11.5 Å². The second-order valence-corrected chi connectivity index (χ2v) is 9.10. The Hall–Kier alpha value is 0.0400. The van der Waals surface area contributed by atoms with Crippen LogP contribution in [0.25, 0.3) is 0 Å². The molecule has 0 aliphatic heterocycles. The van der Waals surface area contributed by atoms with Crippen molar-refractivity contribution in [2.75, 3.05) is 0 Å². The van der Waals surface area contributed by atoms with Crippen molar-refractivity contribution in [1.82, 2.24) is 0 Å². The summed E-state index contributed by atoms with van der Waals surface area (Å²) >= 11 is 10.6. The molecule has 100 valence electrons. The number of hydrogen-bond donors (Lipinski definition) is 0. The first-order chi connectivity index (χ1) is 8.94. The van der Waals surface area contributed by atoms with Gasteiger partial charge in [-0.1, -0.05) is 24.3 Å². The third-order valence-corrected chi connectivity index (χ3v) is 4.18. The molecule has 0 aromatic heterocycles. The molecule has 0 aliphatic rings. The van der Waals surface area contributed by atoms with Crippen molar-refractivity contribution < 1.29 is 38.6 Å². The van der Waals surface area contributed by atoms with Gasteiger partial charge >= 0.3 is 29.6 Å². The average molecular weight is 332 g/mol. The van der Waals surface area contributed by atoms with Crippen molar-refractivity contribution in [2.24, 2.45) is 0 Å². The van der Waals surface area contributed by atoms with Crippen LogP contribution >= 0.6 is 5.69 Å². The van der Waals surface area contributed by atoms with E-state index in [4.69, 9.17) is 33.1 Å². The van der Waals surface area contributed by atoms with Gasteiger partial charge in [0.15, 0.2) is 5.69 Å². The summed E-state index contributed by atoms with van der Waals surface area (Å²) < 4.78 is 11.3. The Balaban J connectivity index is 0.00000200. The number of aryl methyl sites for hydroxylation is 2. The van der Waals surface area contributed by atoms with E-state index in [1.54, 1.807) is 0 Å². The van der Waals surface area contributed by atoms with Crippen LogP contribution in [0.2, 0.25) is 0 Å². The topological polar surface area (TPSA) is 18.5 Å². The van der Waals surface area contributed by atoms with E-state index in [0.717, 1.165) is 11.1 Å². The van der Waals surface area contributed by atoms with Gasteiger partial charge in [-0.05, 0) is 61.0 Å². The fraction of sp³-hybridized carbons (Fsp3) is 0.143. The summed E-state index contributed by atoms with van der Waals surface area (Å²) in [6, 6.07) is 15.2. The number of rotatable bonds is 4. The summed E-state index contributed by atoms with van der Waals surface area (Å²) in [7, 11) is 0. The van der Waals surface area contributed by atoms with E-state index >= 15 is 0 Å². The van der Waals surface area contributed by atoms with Gasteiger partial charge in [0, 0.05) is 0 Å². The SMILES string of the molecule is Cc1cccc(OP(=S)([S-])Oc2cccc(C)c2)c1.[Na+]. The molecular weight excluding hydrogens is 318 g/mol. The quantitative estimate of drug-likeness (QED) is 0.480. The van der Waals surface area contributed by atoms with E-state index in [1.807, 2.05) is 62.4 Å². The maximum atomic E-state index is 5.64. The minimum Gasteiger partial charge on any atom is -0.665 e. The Kier molecular flexibility index (Phi) is 7.13. The van der Waals surface area contributed by atoms with Crippen molar-refractivity contribution in [2.45, 2.75) is 13.8 Å². The monoisotopic (exact) mass is 332 g/mol. The van der Waals surface area contributed by atoms with Crippen molar-refractivity contribution >= 4 is 29.7 Å². The average Bonchev–Trinajstić information content (AvgIpc) is 2.27. The zero-order chi connectivity index (χ0) is 13.9. The van der Waals surface area contributed by atoms with E-state index in [2.05, 4.69) is 0 Å². The number of hydrogen-bond acceptors (Lipinski definition) is 4. The molecule has 0 heterocycles. The zero-order valence-electron chi connectivity index (χ0n) is 11.7. The predicted octanol–water partition coefficient (Wildman–Crippen LogP) is 1.54. The van der Waals surface area contributed by atoms with Gasteiger partial charge < -0.3 is 21.3 Å². The van der Waals surface area contributed by atoms with Crippen LogP contribution < -0.4 is 38.6 Å². The molecule has 0 radical (unpaired) electrons. The summed E-state index contributed by atoms with van der Waals surface area (Å²) in [5.74, 6) is 1.32. The Morgan fingerprint density at radius 2 is 1.30 bits per heavy atom. The van der Waals surface area contributed by atoms with Crippen LogP contribution in [-0.2, 0) is 24.1 Å². The molecule has 2 aromatic rings. The first kappa shape index (κ1) is 18.1. The molecule has 0 atom stereocenters. The third kappa shape index (κ3) is 5.80. The number of benzene rings is 2. The van der Waals surface area contributed by atoms with Crippen LogP contribution in [0.1, 0.15) is 11.1 Å². The second-order valence-electron chi connectivity index (χ2n) is 4.26. The summed E-state index contributed by atoms with van der Waals surface area (Å²) in [4.78, 5) is 0. The first-order valence-electron chi connectivity index (χ1n) is 5.78. The Labute approximate surface area is 152 Å². The molecule has 0 unspecified atom stereocenters. The van der Waals surface area contributed by atoms with E-state index < -0.39 is 5.69 Å². The van der Waals surface area contributed by atoms with Crippen LogP contribution in [0.3, 0.4) is 0 Å². The van der Waals surface area contributed by atoms with Crippen LogP contribution in [0.4, 0.5) is 0 Å². The molecule has 0 N–H and O–H groups in total. The summed E-state index contributed by atoms with van der Waals surface area (Å²) in [6.07, 6.45) is 0. The Morgan fingerprint density at radius 1 is 0.900 bits per heavy atom. The fourth-order valence-electron chi connectivity index (χ4n) is 1.62. The van der Waals surface area contributed by atoms with Crippen LogP contribution in [0.15, 0.2) is 48.5 Å². The van der Waals surface area contributed by atoms with Crippen molar-refractivity contribution in [3.8, 4) is 11.5 Å². The molecular formula is C14H14NaO2PS2. The smallest absolute Gasteiger partial charge is 0.665 e. The molecule has 0 aliphatic carbocycles. The van der Waals surface area contributed by atoms with Crippen molar-refractivity contribution in [1.29, 1.82) is 0 Å². The maximum Gasteiger partial charge on any atom is 1.00 e. The van der Waals surface area contributed by atoms with Crippen LogP contribution in [0, 0.1) is 13.8 Å². The molecule has 0 bridgehead atoms. The Bertz CT molecular complexity index is 583. The predicted molar refractivity (Wildman–Crippen MR) is 85.3 cm³/mol. The van der Waals surface area contributed by atoms with Crippen molar-refractivity contribution in [3.05, 3.63) is 59.7 Å². The standard InChI is InChI=1S/C14H15O2PS2.Na/c1-11-5-3-7-13(9-11)15-17(18,19)16-14-8-4-6-12(2)10-14;/h3-10H,1-2H3,(H,18,19);/q;+1/p-1. The zero-order valence-corrected chi connectivity index (χ0v) is 16.2. The maximum absolute atomic E-state index is 5.64. The van der Waals surface area contributed by atoms with E-state index in [0.29, 0.717) is 11.5 Å². The molecule has 2 aromatic carbocycles. The second kappa shape index (κ2) is 7.88. The minimum atomic E-state index is -2.76. The van der Waals surface area contributed by atoms with Gasteiger partial charge in [0.05, 0.1) is 0 Å². The van der Waals surface area contributed by atoms with Crippen LogP contribution in [0.5, 0.6) is 11.5 Å². The van der Waals surface area contributed by atoms with E-state index in [-0.39, 0.29) is 29.6 Å². The molecule has 2 nitrogen and oxygen atoms in total. The van der Waals surface area contributed by atoms with Gasteiger partial charge in [0.25, 0.3) is 0 Å².